The Kier molecular flexibility index (Phi) is 6.56. The van der Waals surface area contributed by atoms with Gasteiger partial charge < -0.3 is 15.4 Å². The molecule has 25 heavy (non-hydrogen) atoms. The fourth-order valence-corrected chi connectivity index (χ4v) is 4.34. The van der Waals surface area contributed by atoms with Crippen LogP contribution in [-0.4, -0.2) is 57.5 Å². The number of amides is 1. The highest BCUT2D eigenvalue weighted by atomic mass is 32.2. The largest absolute Gasteiger partial charge is 0.366 e. The molecule has 1 aliphatic rings. The summed E-state index contributed by atoms with van der Waals surface area (Å²) < 4.78 is 32.4. The Bertz CT molecular complexity index is 724. The average molecular weight is 369 g/mol. The van der Waals surface area contributed by atoms with Gasteiger partial charge in [0.1, 0.15) is 6.10 Å². The molecule has 7 nitrogen and oxygen atoms in total. The Morgan fingerprint density at radius 1 is 1.32 bits per heavy atom. The van der Waals surface area contributed by atoms with Crippen molar-refractivity contribution in [1.29, 1.82) is 0 Å². The van der Waals surface area contributed by atoms with Crippen LogP contribution in [0.5, 0.6) is 0 Å². The van der Waals surface area contributed by atoms with Crippen molar-refractivity contribution < 1.29 is 17.9 Å². The molecule has 0 aromatic heterocycles. The van der Waals surface area contributed by atoms with E-state index in [1.807, 2.05) is 13.8 Å². The zero-order valence-corrected chi connectivity index (χ0v) is 16.1. The average Bonchev–Trinajstić information content (AvgIpc) is 2.60. The van der Waals surface area contributed by atoms with Gasteiger partial charge in [-0.05, 0) is 37.1 Å². The Morgan fingerprint density at radius 2 is 2.00 bits per heavy atom. The van der Waals surface area contributed by atoms with E-state index in [0.717, 1.165) is 17.7 Å². The molecule has 0 unspecified atom stereocenters. The molecule has 1 aromatic carbocycles. The van der Waals surface area contributed by atoms with Gasteiger partial charge in [-0.1, -0.05) is 13.8 Å². The van der Waals surface area contributed by atoms with Crippen molar-refractivity contribution >= 4 is 21.6 Å². The van der Waals surface area contributed by atoms with Gasteiger partial charge in [0, 0.05) is 31.9 Å². The number of hydrogen-bond acceptors (Lipinski definition) is 5. The van der Waals surface area contributed by atoms with Crippen LogP contribution in [0.4, 0.5) is 5.69 Å². The number of benzene rings is 1. The Labute approximate surface area is 149 Å². The highest BCUT2D eigenvalue weighted by Crippen LogP contribution is 2.26. The maximum atomic E-state index is 12.8. The second-order valence-corrected chi connectivity index (χ2v) is 7.99. The van der Waals surface area contributed by atoms with Gasteiger partial charge in [0.15, 0.2) is 0 Å². The lowest BCUT2D eigenvalue weighted by molar-refractivity contribution is -0.128. The summed E-state index contributed by atoms with van der Waals surface area (Å²) in [6, 6.07) is 3.18. The Morgan fingerprint density at radius 3 is 2.56 bits per heavy atom. The van der Waals surface area contributed by atoms with Gasteiger partial charge in [0.05, 0.1) is 11.5 Å². The number of rotatable bonds is 6. The first-order valence-corrected chi connectivity index (χ1v) is 9.99. The standard InChI is InChI=1S/C17H27N3O4S/c1-5-20(6-2)25(22,23)14-9-12(3)13(4)15(10-14)19-17(21)16-11-18-7-8-24-16/h9-10,16,18H,5-8,11H2,1-4H3,(H,19,21)/t16-/m1/s1. The predicted octanol–water partition coefficient (Wildman–Crippen LogP) is 1.26. The van der Waals surface area contributed by atoms with E-state index in [0.29, 0.717) is 31.9 Å². The van der Waals surface area contributed by atoms with E-state index >= 15 is 0 Å². The summed E-state index contributed by atoms with van der Waals surface area (Å²) >= 11 is 0. The molecule has 2 N–H and O–H groups in total. The van der Waals surface area contributed by atoms with Crippen molar-refractivity contribution in [3.8, 4) is 0 Å². The quantitative estimate of drug-likeness (QED) is 0.788. The van der Waals surface area contributed by atoms with Crippen LogP contribution < -0.4 is 10.6 Å². The number of morpholine rings is 1. The van der Waals surface area contributed by atoms with Crippen LogP contribution in [0.2, 0.25) is 0 Å². The third-order valence-electron chi connectivity index (χ3n) is 4.46. The number of carbonyl (C=O) groups is 1. The van der Waals surface area contributed by atoms with E-state index in [4.69, 9.17) is 4.74 Å². The maximum absolute atomic E-state index is 12.8. The third kappa shape index (κ3) is 4.38. The number of aryl methyl sites for hydroxylation is 1. The van der Waals surface area contributed by atoms with E-state index in [1.54, 1.807) is 19.9 Å². The zero-order valence-electron chi connectivity index (χ0n) is 15.3. The topological polar surface area (TPSA) is 87.7 Å². The molecule has 0 bridgehead atoms. The first kappa shape index (κ1) is 19.8. The molecule has 0 spiro atoms. The number of anilines is 1. The summed E-state index contributed by atoms with van der Waals surface area (Å²) in [6.45, 7) is 9.75. The Hall–Kier alpha value is -1.48. The minimum Gasteiger partial charge on any atom is -0.366 e. The number of ether oxygens (including phenoxy) is 1. The van der Waals surface area contributed by atoms with Gasteiger partial charge in [-0.2, -0.15) is 4.31 Å². The molecule has 1 heterocycles. The fraction of sp³-hybridized carbons (Fsp3) is 0.588. The highest BCUT2D eigenvalue weighted by Gasteiger charge is 2.25. The molecule has 1 aliphatic heterocycles. The first-order valence-electron chi connectivity index (χ1n) is 8.55. The van der Waals surface area contributed by atoms with E-state index in [2.05, 4.69) is 10.6 Å². The molecular weight excluding hydrogens is 342 g/mol. The second-order valence-electron chi connectivity index (χ2n) is 6.05. The van der Waals surface area contributed by atoms with Gasteiger partial charge in [0.25, 0.3) is 5.91 Å². The molecule has 0 saturated carbocycles. The second kappa shape index (κ2) is 8.27. The molecule has 0 aliphatic carbocycles. The SMILES string of the molecule is CCN(CC)S(=O)(=O)c1cc(C)c(C)c(NC(=O)[C@H]2CNCCO2)c1. The van der Waals surface area contributed by atoms with Crippen molar-refractivity contribution in [3.05, 3.63) is 23.3 Å². The fourth-order valence-electron chi connectivity index (χ4n) is 2.76. The molecule has 1 fully saturated rings. The highest BCUT2D eigenvalue weighted by molar-refractivity contribution is 7.89. The van der Waals surface area contributed by atoms with Crippen LogP contribution in [0.25, 0.3) is 0 Å². The number of sulfonamides is 1. The van der Waals surface area contributed by atoms with Crippen molar-refractivity contribution in [2.75, 3.05) is 38.1 Å². The van der Waals surface area contributed by atoms with E-state index < -0.39 is 16.1 Å². The predicted molar refractivity (Wildman–Crippen MR) is 97.3 cm³/mol. The maximum Gasteiger partial charge on any atom is 0.254 e. The lowest BCUT2D eigenvalue weighted by atomic mass is 10.1. The van der Waals surface area contributed by atoms with Gasteiger partial charge >= 0.3 is 0 Å². The summed E-state index contributed by atoms with van der Waals surface area (Å²) in [5.74, 6) is -0.271. The normalized spacial score (nSPS) is 18.4. The lowest BCUT2D eigenvalue weighted by Gasteiger charge is -2.24. The van der Waals surface area contributed by atoms with Crippen molar-refractivity contribution in [2.45, 2.75) is 38.7 Å². The van der Waals surface area contributed by atoms with Crippen LogP contribution in [0.1, 0.15) is 25.0 Å². The molecule has 0 radical (unpaired) electrons. The number of nitrogens with one attached hydrogen (secondary N) is 2. The van der Waals surface area contributed by atoms with Gasteiger partial charge in [-0.3, -0.25) is 4.79 Å². The van der Waals surface area contributed by atoms with Crippen LogP contribution in [0.15, 0.2) is 17.0 Å². The van der Waals surface area contributed by atoms with Crippen molar-refractivity contribution in [2.24, 2.45) is 0 Å². The van der Waals surface area contributed by atoms with Gasteiger partial charge in [0.2, 0.25) is 10.0 Å². The van der Waals surface area contributed by atoms with Crippen LogP contribution in [-0.2, 0) is 19.6 Å². The Balaban J connectivity index is 2.33. The van der Waals surface area contributed by atoms with Gasteiger partial charge in [-0.25, -0.2) is 8.42 Å². The zero-order chi connectivity index (χ0) is 18.6. The minimum absolute atomic E-state index is 0.192. The molecule has 140 valence electrons. The molecule has 1 aromatic rings. The molecule has 2 rings (SSSR count). The number of carbonyl (C=O) groups excluding carboxylic acids is 1. The van der Waals surface area contributed by atoms with Crippen molar-refractivity contribution in [1.82, 2.24) is 9.62 Å². The lowest BCUT2D eigenvalue weighted by Crippen LogP contribution is -2.45. The molecular formula is C17H27N3O4S. The number of hydrogen-bond donors (Lipinski definition) is 2. The smallest absolute Gasteiger partial charge is 0.254 e. The molecule has 1 saturated heterocycles. The minimum atomic E-state index is -3.59. The molecule has 1 amide bonds. The van der Waals surface area contributed by atoms with Crippen LogP contribution in [0.3, 0.4) is 0 Å². The third-order valence-corrected chi connectivity index (χ3v) is 6.49. The van der Waals surface area contributed by atoms with Crippen molar-refractivity contribution in [3.63, 3.8) is 0 Å². The summed E-state index contributed by atoms with van der Waals surface area (Å²) in [5, 5.41) is 5.93. The summed E-state index contributed by atoms with van der Waals surface area (Å²) in [7, 11) is -3.59. The van der Waals surface area contributed by atoms with E-state index in [1.165, 1.54) is 10.4 Å². The van der Waals surface area contributed by atoms with E-state index in [-0.39, 0.29) is 10.8 Å². The van der Waals surface area contributed by atoms with Gasteiger partial charge in [-0.15, -0.1) is 0 Å². The number of nitrogens with zero attached hydrogens (tertiary/aromatic N) is 1. The summed E-state index contributed by atoms with van der Waals surface area (Å²) in [4.78, 5) is 12.6. The van der Waals surface area contributed by atoms with E-state index in [9.17, 15) is 13.2 Å². The monoisotopic (exact) mass is 369 g/mol. The first-order chi connectivity index (χ1) is 11.8. The molecule has 8 heteroatoms. The summed E-state index contributed by atoms with van der Waals surface area (Å²) in [6.07, 6.45) is -0.573. The van der Waals surface area contributed by atoms with Crippen LogP contribution in [0, 0.1) is 13.8 Å². The van der Waals surface area contributed by atoms with Crippen LogP contribution >= 0.6 is 0 Å². The summed E-state index contributed by atoms with van der Waals surface area (Å²) in [5.41, 5.74) is 2.16. The molecule has 1 atom stereocenters.